The van der Waals surface area contributed by atoms with Gasteiger partial charge in [0.2, 0.25) is 15.9 Å². The van der Waals surface area contributed by atoms with E-state index in [1.54, 1.807) is 31.1 Å². The van der Waals surface area contributed by atoms with Gasteiger partial charge in [-0.25, -0.2) is 8.42 Å². The molecule has 26 heavy (non-hydrogen) atoms. The van der Waals surface area contributed by atoms with Gasteiger partial charge in [-0.3, -0.25) is 4.90 Å². The van der Waals surface area contributed by atoms with Crippen LogP contribution in [0, 0.1) is 20.8 Å². The van der Waals surface area contributed by atoms with E-state index in [0.29, 0.717) is 42.9 Å². The lowest BCUT2D eigenvalue weighted by Crippen LogP contribution is -2.35. The van der Waals surface area contributed by atoms with Crippen molar-refractivity contribution in [3.63, 3.8) is 0 Å². The molecule has 144 valence electrons. The molecule has 0 radical (unpaired) electrons. The smallest absolute Gasteiger partial charge is 0.246 e. The Morgan fingerprint density at radius 2 is 2.04 bits per heavy atom. The molecule has 0 N–H and O–H groups in total. The van der Waals surface area contributed by atoms with Crippen molar-refractivity contribution in [3.05, 3.63) is 29.3 Å². The first kappa shape index (κ1) is 19.1. The van der Waals surface area contributed by atoms with Gasteiger partial charge in [0.25, 0.3) is 0 Å². The van der Waals surface area contributed by atoms with Gasteiger partial charge in [0.15, 0.2) is 5.82 Å². The highest BCUT2D eigenvalue weighted by Crippen LogP contribution is 2.26. The second-order valence-corrected chi connectivity index (χ2v) is 8.82. The van der Waals surface area contributed by atoms with Crippen LogP contribution in [0.2, 0.25) is 0 Å². The summed E-state index contributed by atoms with van der Waals surface area (Å²) in [6.07, 6.45) is 2.51. The Labute approximate surface area is 154 Å². The van der Waals surface area contributed by atoms with Crippen LogP contribution in [0.25, 0.3) is 0 Å². The van der Waals surface area contributed by atoms with E-state index in [1.165, 1.54) is 0 Å². The molecule has 1 fully saturated rings. The summed E-state index contributed by atoms with van der Waals surface area (Å²) in [7, 11) is -1.50. The van der Waals surface area contributed by atoms with E-state index in [2.05, 4.69) is 15.0 Å². The molecule has 0 amide bonds. The monoisotopic (exact) mass is 382 g/mol. The maximum atomic E-state index is 13.0. The van der Waals surface area contributed by atoms with Gasteiger partial charge in [0.05, 0.1) is 6.54 Å². The SMILES string of the molecule is Cc1cc(S(=O)(=O)N2CCCC(N(C)Cc3noc(C)n3)CC2)c(C)o1. The van der Waals surface area contributed by atoms with Crippen LogP contribution >= 0.6 is 0 Å². The summed E-state index contributed by atoms with van der Waals surface area (Å²) < 4.78 is 37.9. The third-order valence-electron chi connectivity index (χ3n) is 4.85. The highest BCUT2D eigenvalue weighted by Gasteiger charge is 2.31. The van der Waals surface area contributed by atoms with E-state index in [0.717, 1.165) is 19.3 Å². The highest BCUT2D eigenvalue weighted by molar-refractivity contribution is 7.89. The fourth-order valence-electron chi connectivity index (χ4n) is 3.49. The molecule has 3 rings (SSSR count). The molecule has 9 heteroatoms. The zero-order chi connectivity index (χ0) is 18.9. The normalized spacial score (nSPS) is 19.8. The molecule has 2 aromatic rings. The van der Waals surface area contributed by atoms with Crippen LogP contribution in [0.5, 0.6) is 0 Å². The molecule has 1 atom stereocenters. The average molecular weight is 382 g/mol. The van der Waals surface area contributed by atoms with Gasteiger partial charge in [-0.05, 0) is 46.2 Å². The van der Waals surface area contributed by atoms with Gasteiger partial charge >= 0.3 is 0 Å². The van der Waals surface area contributed by atoms with Crippen LogP contribution in [-0.4, -0.2) is 53.9 Å². The quantitative estimate of drug-likeness (QED) is 0.783. The van der Waals surface area contributed by atoms with Crippen LogP contribution in [0.15, 0.2) is 19.9 Å². The Morgan fingerprint density at radius 1 is 1.27 bits per heavy atom. The fraction of sp³-hybridized carbons (Fsp3) is 0.647. The summed E-state index contributed by atoms with van der Waals surface area (Å²) in [5.74, 6) is 2.28. The van der Waals surface area contributed by atoms with Crippen LogP contribution in [0.1, 0.15) is 42.5 Å². The summed E-state index contributed by atoms with van der Waals surface area (Å²) in [6, 6.07) is 1.89. The lowest BCUT2D eigenvalue weighted by Gasteiger charge is -2.26. The third-order valence-corrected chi connectivity index (χ3v) is 6.86. The Kier molecular flexibility index (Phi) is 5.50. The first-order chi connectivity index (χ1) is 12.3. The third kappa shape index (κ3) is 3.99. The van der Waals surface area contributed by atoms with E-state index in [1.807, 2.05) is 7.05 Å². The van der Waals surface area contributed by atoms with Gasteiger partial charge in [0.1, 0.15) is 16.4 Å². The van der Waals surface area contributed by atoms with Crippen molar-refractivity contribution in [1.29, 1.82) is 0 Å². The number of hydrogen-bond acceptors (Lipinski definition) is 7. The van der Waals surface area contributed by atoms with Crippen molar-refractivity contribution in [2.24, 2.45) is 0 Å². The van der Waals surface area contributed by atoms with Crippen molar-refractivity contribution in [1.82, 2.24) is 19.3 Å². The fourth-order valence-corrected chi connectivity index (χ4v) is 5.21. The minimum Gasteiger partial charge on any atom is -0.465 e. The first-order valence-electron chi connectivity index (χ1n) is 8.84. The lowest BCUT2D eigenvalue weighted by molar-refractivity contribution is 0.207. The molecular formula is C17H26N4O4S. The maximum absolute atomic E-state index is 13.0. The number of sulfonamides is 1. The van der Waals surface area contributed by atoms with Crippen molar-refractivity contribution in [2.45, 2.75) is 57.5 Å². The Hall–Kier alpha value is -1.71. The van der Waals surface area contributed by atoms with Gasteiger partial charge in [-0.15, -0.1) is 0 Å². The molecule has 0 bridgehead atoms. The number of nitrogens with zero attached hydrogens (tertiary/aromatic N) is 4. The van der Waals surface area contributed by atoms with Crippen molar-refractivity contribution < 1.29 is 17.4 Å². The molecule has 2 aromatic heterocycles. The summed E-state index contributed by atoms with van der Waals surface area (Å²) >= 11 is 0. The number of rotatable bonds is 5. The topological polar surface area (TPSA) is 92.7 Å². The number of aromatic nitrogens is 2. The second-order valence-electron chi connectivity index (χ2n) is 6.91. The Morgan fingerprint density at radius 3 is 2.65 bits per heavy atom. The number of hydrogen-bond donors (Lipinski definition) is 0. The van der Waals surface area contributed by atoms with Gasteiger partial charge in [-0.2, -0.15) is 9.29 Å². The molecule has 0 aliphatic carbocycles. The molecule has 0 saturated carbocycles. The van der Waals surface area contributed by atoms with E-state index in [4.69, 9.17) is 8.94 Å². The largest absolute Gasteiger partial charge is 0.465 e. The van der Waals surface area contributed by atoms with E-state index >= 15 is 0 Å². The van der Waals surface area contributed by atoms with Crippen molar-refractivity contribution in [3.8, 4) is 0 Å². The van der Waals surface area contributed by atoms with Gasteiger partial charge in [-0.1, -0.05) is 5.16 Å². The molecule has 1 aliphatic rings. The zero-order valence-electron chi connectivity index (χ0n) is 15.7. The summed E-state index contributed by atoms with van der Waals surface area (Å²) in [5, 5.41) is 3.94. The summed E-state index contributed by atoms with van der Waals surface area (Å²) in [4.78, 5) is 6.69. The molecule has 1 saturated heterocycles. The molecule has 8 nitrogen and oxygen atoms in total. The molecule has 0 spiro atoms. The standard InChI is InChI=1S/C17H26N4O4S/c1-12-10-16(13(2)24-12)26(22,23)21-8-5-6-15(7-9-21)20(4)11-17-18-14(3)25-19-17/h10,15H,5-9,11H2,1-4H3. The van der Waals surface area contributed by atoms with E-state index in [-0.39, 0.29) is 10.9 Å². The highest BCUT2D eigenvalue weighted by atomic mass is 32.2. The van der Waals surface area contributed by atoms with E-state index < -0.39 is 10.0 Å². The maximum Gasteiger partial charge on any atom is 0.246 e. The van der Waals surface area contributed by atoms with Gasteiger partial charge < -0.3 is 8.94 Å². The second kappa shape index (κ2) is 7.50. The van der Waals surface area contributed by atoms with Gasteiger partial charge in [0, 0.05) is 26.1 Å². The molecule has 0 aromatic carbocycles. The Bertz CT molecular complexity index is 858. The average Bonchev–Trinajstić information content (AvgIpc) is 3.02. The Balaban J connectivity index is 1.67. The lowest BCUT2D eigenvalue weighted by atomic mass is 10.1. The van der Waals surface area contributed by atoms with E-state index in [9.17, 15) is 8.42 Å². The minimum atomic E-state index is -3.52. The molecular weight excluding hydrogens is 356 g/mol. The summed E-state index contributed by atoms with van der Waals surface area (Å²) in [5.41, 5.74) is 0. The number of aryl methyl sites for hydroxylation is 3. The molecule has 3 heterocycles. The number of furan rings is 1. The zero-order valence-corrected chi connectivity index (χ0v) is 16.5. The van der Waals surface area contributed by atoms with Crippen LogP contribution in [0.3, 0.4) is 0 Å². The van der Waals surface area contributed by atoms with Crippen LogP contribution in [0.4, 0.5) is 0 Å². The van der Waals surface area contributed by atoms with Crippen molar-refractivity contribution in [2.75, 3.05) is 20.1 Å². The minimum absolute atomic E-state index is 0.279. The predicted molar refractivity (Wildman–Crippen MR) is 95.1 cm³/mol. The predicted octanol–water partition coefficient (Wildman–Crippen LogP) is 2.26. The first-order valence-corrected chi connectivity index (χ1v) is 10.3. The van der Waals surface area contributed by atoms with Crippen LogP contribution in [-0.2, 0) is 16.6 Å². The van der Waals surface area contributed by atoms with Crippen LogP contribution < -0.4 is 0 Å². The summed E-state index contributed by atoms with van der Waals surface area (Å²) in [6.45, 7) is 6.84. The van der Waals surface area contributed by atoms with Crippen molar-refractivity contribution >= 4 is 10.0 Å². The molecule has 1 aliphatic heterocycles. The molecule has 1 unspecified atom stereocenters.